The highest BCUT2D eigenvalue weighted by molar-refractivity contribution is 5.89. The van der Waals surface area contributed by atoms with Crippen molar-refractivity contribution < 1.29 is 24.2 Å². The van der Waals surface area contributed by atoms with Crippen LogP contribution in [0.5, 0.6) is 5.75 Å². The van der Waals surface area contributed by atoms with Crippen LogP contribution in [-0.4, -0.2) is 42.8 Å². The van der Waals surface area contributed by atoms with E-state index in [4.69, 9.17) is 9.47 Å². The van der Waals surface area contributed by atoms with Crippen LogP contribution in [0.1, 0.15) is 19.8 Å². The third-order valence-electron chi connectivity index (χ3n) is 4.93. The predicted molar refractivity (Wildman–Crippen MR) is 97.2 cm³/mol. The predicted octanol–water partition coefficient (Wildman–Crippen LogP) is 2.60. The fourth-order valence-corrected chi connectivity index (χ4v) is 3.17. The Morgan fingerprint density at radius 1 is 1.19 bits per heavy atom. The summed E-state index contributed by atoms with van der Waals surface area (Å²) >= 11 is 0. The summed E-state index contributed by atoms with van der Waals surface area (Å²) in [5, 5.41) is 14.3. The Morgan fingerprint density at radius 3 is 2.62 bits per heavy atom. The van der Waals surface area contributed by atoms with E-state index in [2.05, 4.69) is 5.32 Å². The number of carboxylic acids is 1. The number of hydrogen-bond acceptors (Lipinski definition) is 4. The van der Waals surface area contributed by atoms with Crippen molar-refractivity contribution in [3.63, 3.8) is 0 Å². The van der Waals surface area contributed by atoms with Crippen molar-refractivity contribution in [1.82, 2.24) is 5.32 Å². The van der Waals surface area contributed by atoms with Crippen LogP contribution in [0.2, 0.25) is 0 Å². The van der Waals surface area contributed by atoms with E-state index in [9.17, 15) is 14.7 Å². The molecule has 0 spiro atoms. The zero-order chi connectivity index (χ0) is 18.6. The van der Waals surface area contributed by atoms with Crippen LogP contribution < -0.4 is 10.1 Å². The van der Waals surface area contributed by atoms with Gasteiger partial charge in [0.25, 0.3) is 5.91 Å². The topological polar surface area (TPSA) is 84.9 Å². The summed E-state index contributed by atoms with van der Waals surface area (Å²) in [6.07, 6.45) is 0.0500. The number of carbonyl (C=O) groups is 2. The third kappa shape index (κ3) is 3.80. The Morgan fingerprint density at radius 2 is 1.88 bits per heavy atom. The van der Waals surface area contributed by atoms with E-state index in [1.54, 1.807) is 6.92 Å². The lowest BCUT2D eigenvalue weighted by atomic mass is 9.80. The Balaban J connectivity index is 1.65. The molecule has 0 bridgehead atoms. The van der Waals surface area contributed by atoms with Crippen molar-refractivity contribution in [1.29, 1.82) is 0 Å². The summed E-state index contributed by atoms with van der Waals surface area (Å²) in [6, 6.07) is 13.5. The second-order valence-corrected chi connectivity index (χ2v) is 6.65. The number of carboxylic acid groups (broad SMARTS) is 1. The minimum atomic E-state index is -0.965. The molecule has 1 saturated heterocycles. The van der Waals surface area contributed by atoms with Crippen LogP contribution in [-0.2, 0) is 14.3 Å². The average Bonchev–Trinajstić information content (AvgIpc) is 2.67. The second-order valence-electron chi connectivity index (χ2n) is 6.65. The van der Waals surface area contributed by atoms with E-state index in [0.717, 1.165) is 10.8 Å². The minimum Gasteiger partial charge on any atom is -0.481 e. The molecule has 0 aliphatic carbocycles. The minimum absolute atomic E-state index is 0.0771. The molecule has 0 saturated carbocycles. The average molecular weight is 357 g/mol. The summed E-state index contributed by atoms with van der Waals surface area (Å²) in [7, 11) is 0. The number of fused-ring (bicyclic) bond motifs is 1. The molecule has 0 radical (unpaired) electrons. The zero-order valence-electron chi connectivity index (χ0n) is 14.7. The first kappa shape index (κ1) is 18.2. The van der Waals surface area contributed by atoms with Gasteiger partial charge in [0.05, 0.1) is 5.41 Å². The molecule has 0 aromatic heterocycles. The normalized spacial score (nSPS) is 17.4. The largest absolute Gasteiger partial charge is 0.481 e. The van der Waals surface area contributed by atoms with Crippen molar-refractivity contribution in [2.75, 3.05) is 19.8 Å². The Bertz CT molecular complexity index is 792. The van der Waals surface area contributed by atoms with Gasteiger partial charge in [-0.1, -0.05) is 36.4 Å². The maximum atomic E-state index is 12.4. The molecular formula is C20H23NO5. The fraction of sp³-hybridized carbons (Fsp3) is 0.400. The van der Waals surface area contributed by atoms with Gasteiger partial charge in [-0.05, 0) is 31.2 Å². The van der Waals surface area contributed by atoms with Crippen molar-refractivity contribution in [2.45, 2.75) is 25.9 Å². The summed E-state index contributed by atoms with van der Waals surface area (Å²) in [5.74, 6) is -0.599. The monoisotopic (exact) mass is 357 g/mol. The first-order chi connectivity index (χ1) is 12.5. The lowest BCUT2D eigenvalue weighted by Gasteiger charge is -2.33. The van der Waals surface area contributed by atoms with Gasteiger partial charge in [0.2, 0.25) is 0 Å². The molecule has 138 valence electrons. The van der Waals surface area contributed by atoms with E-state index < -0.39 is 17.5 Å². The van der Waals surface area contributed by atoms with Gasteiger partial charge in [-0.2, -0.15) is 0 Å². The molecule has 1 atom stereocenters. The molecule has 1 unspecified atom stereocenters. The van der Waals surface area contributed by atoms with Gasteiger partial charge in [0, 0.05) is 25.1 Å². The summed E-state index contributed by atoms with van der Waals surface area (Å²) in [6.45, 7) is 2.52. The molecule has 2 N–H and O–H groups in total. The number of rotatable bonds is 6. The van der Waals surface area contributed by atoms with E-state index in [0.29, 0.717) is 31.8 Å². The number of nitrogens with one attached hydrogen (secondary N) is 1. The van der Waals surface area contributed by atoms with Crippen LogP contribution in [0.4, 0.5) is 0 Å². The zero-order valence-corrected chi connectivity index (χ0v) is 14.7. The highest BCUT2D eigenvalue weighted by Gasteiger charge is 2.40. The van der Waals surface area contributed by atoms with Gasteiger partial charge < -0.3 is 19.9 Å². The molecule has 3 rings (SSSR count). The molecule has 26 heavy (non-hydrogen) atoms. The van der Waals surface area contributed by atoms with Crippen molar-refractivity contribution in [3.8, 4) is 5.75 Å². The van der Waals surface area contributed by atoms with Gasteiger partial charge in [0.15, 0.2) is 6.10 Å². The van der Waals surface area contributed by atoms with E-state index in [-0.39, 0.29) is 12.5 Å². The number of ether oxygens (including phenoxy) is 2. The number of hydrogen-bond donors (Lipinski definition) is 2. The van der Waals surface area contributed by atoms with Crippen LogP contribution in [0.3, 0.4) is 0 Å². The van der Waals surface area contributed by atoms with Gasteiger partial charge in [0.1, 0.15) is 5.75 Å². The van der Waals surface area contributed by atoms with E-state index in [1.807, 2.05) is 42.5 Å². The molecule has 1 aliphatic rings. The van der Waals surface area contributed by atoms with Crippen molar-refractivity contribution in [2.24, 2.45) is 5.41 Å². The van der Waals surface area contributed by atoms with Crippen LogP contribution >= 0.6 is 0 Å². The van der Waals surface area contributed by atoms with Crippen LogP contribution in [0.25, 0.3) is 10.8 Å². The SMILES string of the molecule is CC(Oc1cccc2ccccc12)C(=O)NCC1(C(=O)O)CCOCC1. The quantitative estimate of drug-likeness (QED) is 0.830. The summed E-state index contributed by atoms with van der Waals surface area (Å²) in [4.78, 5) is 24.1. The van der Waals surface area contributed by atoms with E-state index >= 15 is 0 Å². The summed E-state index contributed by atoms with van der Waals surface area (Å²) in [5.41, 5.74) is -0.965. The van der Waals surface area contributed by atoms with Gasteiger partial charge in [-0.15, -0.1) is 0 Å². The van der Waals surface area contributed by atoms with E-state index in [1.165, 1.54) is 0 Å². The molecule has 2 aromatic carbocycles. The van der Waals surface area contributed by atoms with Crippen molar-refractivity contribution >= 4 is 22.6 Å². The van der Waals surface area contributed by atoms with Gasteiger partial charge >= 0.3 is 5.97 Å². The van der Waals surface area contributed by atoms with Gasteiger partial charge in [-0.3, -0.25) is 9.59 Å². The molecule has 6 nitrogen and oxygen atoms in total. The second kappa shape index (κ2) is 7.74. The third-order valence-corrected chi connectivity index (χ3v) is 4.93. The fourth-order valence-electron chi connectivity index (χ4n) is 3.17. The molecular weight excluding hydrogens is 334 g/mol. The first-order valence-corrected chi connectivity index (χ1v) is 8.75. The molecule has 6 heteroatoms. The maximum absolute atomic E-state index is 12.4. The number of benzene rings is 2. The first-order valence-electron chi connectivity index (χ1n) is 8.75. The van der Waals surface area contributed by atoms with Crippen LogP contribution in [0.15, 0.2) is 42.5 Å². The molecule has 1 fully saturated rings. The molecule has 1 heterocycles. The number of aliphatic carboxylic acids is 1. The Labute approximate surface area is 152 Å². The number of carbonyl (C=O) groups excluding carboxylic acids is 1. The number of amides is 1. The lowest BCUT2D eigenvalue weighted by Crippen LogP contribution is -2.48. The van der Waals surface area contributed by atoms with Crippen LogP contribution in [0, 0.1) is 5.41 Å². The smallest absolute Gasteiger partial charge is 0.311 e. The standard InChI is InChI=1S/C20H23NO5/c1-14(26-17-8-4-6-15-5-2-3-7-16(15)17)18(22)21-13-20(19(23)24)9-11-25-12-10-20/h2-8,14H,9-13H2,1H3,(H,21,22)(H,23,24). The highest BCUT2D eigenvalue weighted by Crippen LogP contribution is 2.30. The van der Waals surface area contributed by atoms with Gasteiger partial charge in [-0.25, -0.2) is 0 Å². The Hall–Kier alpha value is -2.60. The maximum Gasteiger partial charge on any atom is 0.311 e. The Kier molecular flexibility index (Phi) is 5.42. The highest BCUT2D eigenvalue weighted by atomic mass is 16.5. The molecule has 2 aromatic rings. The van der Waals surface area contributed by atoms with Crippen molar-refractivity contribution in [3.05, 3.63) is 42.5 Å². The lowest BCUT2D eigenvalue weighted by molar-refractivity contribution is -0.155. The molecule has 1 aliphatic heterocycles. The summed E-state index contributed by atoms with van der Waals surface area (Å²) < 4.78 is 11.1. The molecule has 1 amide bonds.